The van der Waals surface area contributed by atoms with Crippen molar-refractivity contribution in [3.05, 3.63) is 10.5 Å². The zero-order chi connectivity index (χ0) is 5.11. The summed E-state index contributed by atoms with van der Waals surface area (Å²) in [5, 5.41) is 7.91. The normalized spacial score (nSPS) is 9.29. The van der Waals surface area contributed by atoms with Gasteiger partial charge in [-0.3, -0.25) is 0 Å². The van der Waals surface area contributed by atoms with Gasteiger partial charge in [0.1, 0.15) is 5.01 Å². The fourth-order valence-corrected chi connectivity index (χ4v) is 0.604. The number of nitrogens with zero attached hydrogens (tertiary/aromatic N) is 2. The van der Waals surface area contributed by atoms with Crippen molar-refractivity contribution in [1.29, 1.82) is 0 Å². The molecule has 0 bridgehead atoms. The van der Waals surface area contributed by atoms with Crippen LogP contribution >= 0.6 is 11.3 Å². The summed E-state index contributed by atoms with van der Waals surface area (Å²) in [5.41, 5.74) is 7.76. The maximum absolute atomic E-state index is 5.18. The first-order chi connectivity index (χ1) is 3.43. The summed E-state index contributed by atoms with van der Waals surface area (Å²) in [6.07, 6.45) is 0. The Labute approximate surface area is 45.2 Å². The molecule has 1 heterocycles. The molecule has 0 atom stereocenters. The van der Waals surface area contributed by atoms with E-state index in [1.807, 2.05) is 0 Å². The molecule has 0 aromatic carbocycles. The van der Waals surface area contributed by atoms with E-state index in [9.17, 15) is 0 Å². The highest BCUT2D eigenvalue weighted by atomic mass is 32.1. The molecule has 1 radical (unpaired) electrons. The minimum absolute atomic E-state index is 0.473. The van der Waals surface area contributed by atoms with Gasteiger partial charge in [-0.05, 0) is 0 Å². The molecule has 1 rings (SSSR count). The fourth-order valence-electron chi connectivity index (χ4n) is 0.252. The summed E-state index contributed by atoms with van der Waals surface area (Å²) in [4.78, 5) is 0. The van der Waals surface area contributed by atoms with Gasteiger partial charge in [0.15, 0.2) is 5.51 Å². The average Bonchev–Trinajstić information content (AvgIpc) is 2.14. The van der Waals surface area contributed by atoms with E-state index < -0.39 is 0 Å². The molecule has 0 saturated carbocycles. The quantitative estimate of drug-likeness (QED) is 0.550. The lowest BCUT2D eigenvalue weighted by Gasteiger charge is -1.75. The van der Waals surface area contributed by atoms with Crippen molar-refractivity contribution in [3.8, 4) is 0 Å². The lowest BCUT2D eigenvalue weighted by molar-refractivity contribution is 0.956. The molecule has 37 valence electrons. The molecule has 0 amide bonds. The van der Waals surface area contributed by atoms with Gasteiger partial charge in [-0.2, -0.15) is 0 Å². The number of aromatic nitrogens is 2. The molecule has 0 aliphatic heterocycles. The van der Waals surface area contributed by atoms with Crippen LogP contribution in [0.15, 0.2) is 0 Å². The molecule has 0 spiro atoms. The van der Waals surface area contributed by atoms with Crippen LogP contribution in [0, 0.1) is 5.51 Å². The molecule has 1 aromatic rings. The molecule has 0 saturated heterocycles. The second-order valence-electron chi connectivity index (χ2n) is 0.991. The predicted octanol–water partition coefficient (Wildman–Crippen LogP) is -0.203. The Morgan fingerprint density at radius 3 is 3.00 bits per heavy atom. The van der Waals surface area contributed by atoms with Gasteiger partial charge in [-0.25, -0.2) is 0 Å². The van der Waals surface area contributed by atoms with E-state index in [1.54, 1.807) is 0 Å². The molecule has 3 nitrogen and oxygen atoms in total. The Bertz CT molecular complexity index is 125. The van der Waals surface area contributed by atoms with Gasteiger partial charge in [0, 0.05) is 6.54 Å². The molecule has 0 aliphatic carbocycles. The van der Waals surface area contributed by atoms with Gasteiger partial charge in [0.2, 0.25) is 0 Å². The van der Waals surface area contributed by atoms with Crippen LogP contribution in [0.5, 0.6) is 0 Å². The van der Waals surface area contributed by atoms with Gasteiger partial charge >= 0.3 is 0 Å². The number of hydrogen-bond donors (Lipinski definition) is 1. The largest absolute Gasteiger partial charge is 0.324 e. The molecular weight excluding hydrogens is 110 g/mol. The van der Waals surface area contributed by atoms with Crippen molar-refractivity contribution in [1.82, 2.24) is 10.2 Å². The van der Waals surface area contributed by atoms with Gasteiger partial charge in [-0.15, -0.1) is 10.2 Å². The summed E-state index contributed by atoms with van der Waals surface area (Å²) < 4.78 is 0. The molecular formula is C3H4N3S. The lowest BCUT2D eigenvalue weighted by Crippen LogP contribution is -1.94. The number of rotatable bonds is 1. The molecule has 7 heavy (non-hydrogen) atoms. The smallest absolute Gasteiger partial charge is 0.178 e. The van der Waals surface area contributed by atoms with Crippen LogP contribution in [-0.2, 0) is 6.54 Å². The molecule has 0 aliphatic rings. The van der Waals surface area contributed by atoms with Crippen LogP contribution in [0.25, 0.3) is 0 Å². The second-order valence-corrected chi connectivity index (χ2v) is 1.85. The van der Waals surface area contributed by atoms with Crippen LogP contribution < -0.4 is 5.73 Å². The molecule has 0 unspecified atom stereocenters. The topological polar surface area (TPSA) is 51.8 Å². The Morgan fingerprint density at radius 1 is 1.86 bits per heavy atom. The lowest BCUT2D eigenvalue weighted by atomic mass is 10.7. The minimum Gasteiger partial charge on any atom is -0.324 e. The van der Waals surface area contributed by atoms with Crippen molar-refractivity contribution in [3.63, 3.8) is 0 Å². The van der Waals surface area contributed by atoms with Crippen molar-refractivity contribution in [2.24, 2.45) is 5.73 Å². The van der Waals surface area contributed by atoms with E-state index in [4.69, 9.17) is 5.73 Å². The maximum atomic E-state index is 5.18. The minimum atomic E-state index is 0.473. The number of nitrogens with two attached hydrogens (primary N) is 1. The van der Waals surface area contributed by atoms with Crippen molar-refractivity contribution < 1.29 is 0 Å². The van der Waals surface area contributed by atoms with Crippen molar-refractivity contribution in [2.45, 2.75) is 6.54 Å². The van der Waals surface area contributed by atoms with Crippen LogP contribution in [0.3, 0.4) is 0 Å². The second kappa shape index (κ2) is 1.99. The highest BCUT2D eigenvalue weighted by molar-refractivity contribution is 7.08. The summed E-state index contributed by atoms with van der Waals surface area (Å²) in [7, 11) is 0. The maximum Gasteiger partial charge on any atom is 0.178 e. The zero-order valence-corrected chi connectivity index (χ0v) is 4.40. The predicted molar refractivity (Wildman–Crippen MR) is 26.6 cm³/mol. The van der Waals surface area contributed by atoms with Crippen LogP contribution in [0.4, 0.5) is 0 Å². The van der Waals surface area contributed by atoms with E-state index in [-0.39, 0.29) is 0 Å². The summed E-state index contributed by atoms with van der Waals surface area (Å²) in [6, 6.07) is 0. The highest BCUT2D eigenvalue weighted by Gasteiger charge is 1.87. The highest BCUT2D eigenvalue weighted by Crippen LogP contribution is 1.95. The van der Waals surface area contributed by atoms with Gasteiger partial charge in [-0.1, -0.05) is 11.3 Å². The Kier molecular flexibility index (Phi) is 1.33. The average molecular weight is 114 g/mol. The Balaban J connectivity index is 2.76. The third kappa shape index (κ3) is 0.942. The first kappa shape index (κ1) is 4.67. The third-order valence-electron chi connectivity index (χ3n) is 0.540. The fraction of sp³-hybridized carbons (Fsp3) is 0.333. The van der Waals surface area contributed by atoms with Crippen molar-refractivity contribution in [2.75, 3.05) is 0 Å². The van der Waals surface area contributed by atoms with E-state index >= 15 is 0 Å². The van der Waals surface area contributed by atoms with Crippen LogP contribution in [-0.4, -0.2) is 10.2 Å². The molecule has 1 aromatic heterocycles. The summed E-state index contributed by atoms with van der Waals surface area (Å²) in [6.45, 7) is 0.473. The van der Waals surface area contributed by atoms with Crippen LogP contribution in [0.1, 0.15) is 5.01 Å². The third-order valence-corrected chi connectivity index (χ3v) is 1.20. The summed E-state index contributed by atoms with van der Waals surface area (Å²) >= 11 is 1.35. The molecule has 4 heteroatoms. The SMILES string of the molecule is NCc1nn[c]s1. The van der Waals surface area contributed by atoms with E-state index in [0.717, 1.165) is 5.01 Å². The zero-order valence-electron chi connectivity index (χ0n) is 3.59. The van der Waals surface area contributed by atoms with E-state index in [1.165, 1.54) is 11.3 Å². The number of hydrogen-bond acceptors (Lipinski definition) is 4. The Morgan fingerprint density at radius 2 is 2.71 bits per heavy atom. The standard InChI is InChI=1S/C3H4N3S/c4-1-3-6-5-2-7-3/h1,4H2. The molecule has 2 N–H and O–H groups in total. The first-order valence-electron chi connectivity index (χ1n) is 1.82. The van der Waals surface area contributed by atoms with Gasteiger partial charge in [0.05, 0.1) is 0 Å². The van der Waals surface area contributed by atoms with E-state index in [0.29, 0.717) is 6.54 Å². The van der Waals surface area contributed by atoms with Crippen LogP contribution in [0.2, 0.25) is 0 Å². The monoisotopic (exact) mass is 114 g/mol. The molecule has 0 fully saturated rings. The Hall–Kier alpha value is -0.480. The summed E-state index contributed by atoms with van der Waals surface area (Å²) in [5.74, 6) is 0. The van der Waals surface area contributed by atoms with Gasteiger partial charge in [0.25, 0.3) is 0 Å². The first-order valence-corrected chi connectivity index (χ1v) is 2.63. The van der Waals surface area contributed by atoms with Gasteiger partial charge < -0.3 is 5.73 Å². The van der Waals surface area contributed by atoms with E-state index in [2.05, 4.69) is 15.7 Å². The van der Waals surface area contributed by atoms with Crippen molar-refractivity contribution >= 4 is 11.3 Å².